The molecule has 0 unspecified atom stereocenters. The second kappa shape index (κ2) is 4.75. The first-order chi connectivity index (χ1) is 8.15. The van der Waals surface area contributed by atoms with Crippen molar-refractivity contribution in [2.24, 2.45) is 0 Å². The van der Waals surface area contributed by atoms with Crippen molar-refractivity contribution in [1.29, 1.82) is 0 Å². The van der Waals surface area contributed by atoms with Crippen molar-refractivity contribution in [3.05, 3.63) is 35.6 Å². The van der Waals surface area contributed by atoms with Crippen molar-refractivity contribution in [1.82, 2.24) is 5.16 Å². The predicted molar refractivity (Wildman–Crippen MR) is 65.0 cm³/mol. The Kier molecular flexibility index (Phi) is 3.15. The van der Waals surface area contributed by atoms with Gasteiger partial charge in [-0.15, -0.1) is 0 Å². The number of hydrogen-bond donors (Lipinski definition) is 3. The van der Waals surface area contributed by atoms with Gasteiger partial charge in [-0.25, -0.2) is 4.79 Å². The molecule has 0 spiro atoms. The predicted octanol–water partition coefficient (Wildman–Crippen LogP) is 2.55. The number of urea groups is 1. The van der Waals surface area contributed by atoms with Crippen LogP contribution in [0.2, 0.25) is 5.02 Å². The molecule has 0 saturated carbocycles. The topological polar surface area (TPSA) is 93.2 Å². The van der Waals surface area contributed by atoms with Crippen molar-refractivity contribution in [2.45, 2.75) is 0 Å². The quantitative estimate of drug-likeness (QED) is 0.716. The first kappa shape index (κ1) is 11.3. The van der Waals surface area contributed by atoms with E-state index in [1.54, 1.807) is 18.2 Å². The minimum absolute atomic E-state index is 0.323. The Hall–Kier alpha value is -2.21. The molecular formula is C10H9ClN4O2. The first-order valence-corrected chi connectivity index (χ1v) is 5.06. The molecule has 1 aromatic heterocycles. The lowest BCUT2D eigenvalue weighted by Gasteiger charge is -2.06. The van der Waals surface area contributed by atoms with Gasteiger partial charge in [0.15, 0.2) is 5.82 Å². The largest absolute Gasteiger partial charge is 0.398 e. The number of nitrogen functional groups attached to an aromatic ring is 1. The molecular weight excluding hydrogens is 244 g/mol. The second-order valence-corrected chi connectivity index (χ2v) is 3.61. The molecule has 1 aromatic carbocycles. The van der Waals surface area contributed by atoms with E-state index >= 15 is 0 Å². The van der Waals surface area contributed by atoms with Crippen molar-refractivity contribution < 1.29 is 9.32 Å². The Morgan fingerprint density at radius 3 is 2.82 bits per heavy atom. The number of nitrogens with zero attached hydrogens (tertiary/aromatic N) is 1. The summed E-state index contributed by atoms with van der Waals surface area (Å²) in [5.74, 6) is 0.323. The van der Waals surface area contributed by atoms with Crippen LogP contribution in [0.15, 0.2) is 35.1 Å². The summed E-state index contributed by atoms with van der Waals surface area (Å²) in [7, 11) is 0. The molecule has 2 aromatic rings. The Morgan fingerprint density at radius 2 is 2.18 bits per heavy atom. The van der Waals surface area contributed by atoms with Crippen LogP contribution in [0.3, 0.4) is 0 Å². The molecule has 4 N–H and O–H groups in total. The van der Waals surface area contributed by atoms with Crippen LogP contribution in [0.25, 0.3) is 0 Å². The minimum Gasteiger partial charge on any atom is -0.398 e. The van der Waals surface area contributed by atoms with Crippen molar-refractivity contribution in [3.8, 4) is 0 Å². The SMILES string of the molecule is Nc1ccc(NC(=O)Nc2ccon2)cc1Cl. The van der Waals surface area contributed by atoms with Gasteiger partial charge in [-0.2, -0.15) is 0 Å². The van der Waals surface area contributed by atoms with Gasteiger partial charge in [-0.1, -0.05) is 16.8 Å². The highest BCUT2D eigenvalue weighted by Gasteiger charge is 2.05. The van der Waals surface area contributed by atoms with Crippen LogP contribution in [-0.2, 0) is 0 Å². The van der Waals surface area contributed by atoms with Crippen molar-refractivity contribution in [2.75, 3.05) is 16.4 Å². The number of carbonyl (C=O) groups excluding carboxylic acids is 1. The van der Waals surface area contributed by atoms with Crippen molar-refractivity contribution in [3.63, 3.8) is 0 Å². The first-order valence-electron chi connectivity index (χ1n) is 4.68. The lowest BCUT2D eigenvalue weighted by molar-refractivity contribution is 0.262. The Morgan fingerprint density at radius 1 is 1.35 bits per heavy atom. The smallest absolute Gasteiger partial charge is 0.324 e. The van der Waals surface area contributed by atoms with Gasteiger partial charge in [-0.05, 0) is 18.2 Å². The zero-order valence-corrected chi connectivity index (χ0v) is 9.36. The van der Waals surface area contributed by atoms with Crippen LogP contribution in [0, 0.1) is 0 Å². The normalized spacial score (nSPS) is 9.94. The molecule has 0 fully saturated rings. The zero-order valence-electron chi connectivity index (χ0n) is 8.61. The number of anilines is 3. The zero-order chi connectivity index (χ0) is 12.3. The summed E-state index contributed by atoms with van der Waals surface area (Å²) in [6, 6.07) is 5.88. The number of benzene rings is 1. The maximum atomic E-state index is 11.5. The molecule has 1 heterocycles. The molecule has 2 rings (SSSR count). The van der Waals surface area contributed by atoms with Gasteiger partial charge in [0.05, 0.1) is 10.7 Å². The van der Waals surface area contributed by atoms with Crippen LogP contribution < -0.4 is 16.4 Å². The molecule has 17 heavy (non-hydrogen) atoms. The van der Waals surface area contributed by atoms with Gasteiger partial charge in [0.25, 0.3) is 0 Å². The molecule has 0 bridgehead atoms. The number of carbonyl (C=O) groups is 1. The van der Waals surface area contributed by atoms with E-state index in [2.05, 4.69) is 20.3 Å². The van der Waals surface area contributed by atoms with Gasteiger partial charge in [0, 0.05) is 11.8 Å². The summed E-state index contributed by atoms with van der Waals surface area (Å²) in [6.07, 6.45) is 1.36. The fraction of sp³-hybridized carbons (Fsp3) is 0. The summed E-state index contributed by atoms with van der Waals surface area (Å²) in [6.45, 7) is 0. The number of hydrogen-bond acceptors (Lipinski definition) is 4. The number of nitrogens with two attached hydrogens (primary N) is 1. The van der Waals surface area contributed by atoms with Crippen LogP contribution in [0.1, 0.15) is 0 Å². The summed E-state index contributed by atoms with van der Waals surface area (Å²) >= 11 is 5.82. The van der Waals surface area contributed by atoms with Crippen molar-refractivity contribution >= 4 is 34.8 Å². The Balaban J connectivity index is 2.00. The van der Waals surface area contributed by atoms with E-state index in [-0.39, 0.29) is 0 Å². The van der Waals surface area contributed by atoms with E-state index in [0.717, 1.165) is 0 Å². The summed E-state index contributed by atoms with van der Waals surface area (Å²) < 4.78 is 4.57. The van der Waals surface area contributed by atoms with Gasteiger partial charge >= 0.3 is 6.03 Å². The molecule has 0 aliphatic carbocycles. The van der Waals surface area contributed by atoms with Gasteiger partial charge < -0.3 is 15.6 Å². The second-order valence-electron chi connectivity index (χ2n) is 3.20. The van der Waals surface area contributed by atoms with Gasteiger partial charge in [0.2, 0.25) is 0 Å². The maximum Gasteiger partial charge on any atom is 0.324 e. The van der Waals surface area contributed by atoms with Crippen LogP contribution in [-0.4, -0.2) is 11.2 Å². The Labute approximate surface area is 102 Å². The van der Waals surface area contributed by atoms with Crippen LogP contribution in [0.4, 0.5) is 22.0 Å². The summed E-state index contributed by atoms with van der Waals surface area (Å²) in [4.78, 5) is 11.5. The molecule has 2 amide bonds. The summed E-state index contributed by atoms with van der Waals surface area (Å²) in [5, 5.41) is 8.97. The minimum atomic E-state index is -0.445. The molecule has 0 aliphatic rings. The van der Waals surface area contributed by atoms with Crippen LogP contribution >= 0.6 is 11.6 Å². The van der Waals surface area contributed by atoms with Gasteiger partial charge in [-0.3, -0.25) is 5.32 Å². The fourth-order valence-corrected chi connectivity index (χ4v) is 1.34. The number of nitrogens with one attached hydrogen (secondary N) is 2. The average molecular weight is 253 g/mol. The standard InChI is InChI=1S/C10H9ClN4O2/c11-7-5-6(1-2-8(7)12)13-10(16)14-9-3-4-17-15-9/h1-5H,12H2,(H2,13,14,15,16). The average Bonchev–Trinajstić information content (AvgIpc) is 2.76. The molecule has 88 valence electrons. The van der Waals surface area contributed by atoms with E-state index < -0.39 is 6.03 Å². The lowest BCUT2D eigenvalue weighted by Crippen LogP contribution is -2.19. The highest BCUT2D eigenvalue weighted by atomic mass is 35.5. The molecule has 0 aliphatic heterocycles. The van der Waals surface area contributed by atoms with Gasteiger partial charge in [0.1, 0.15) is 6.26 Å². The van der Waals surface area contributed by atoms with E-state index in [0.29, 0.717) is 22.2 Å². The monoisotopic (exact) mass is 252 g/mol. The Bertz CT molecular complexity index is 527. The maximum absolute atomic E-state index is 11.5. The third-order valence-electron chi connectivity index (χ3n) is 1.94. The fourth-order valence-electron chi connectivity index (χ4n) is 1.16. The number of halogens is 1. The molecule has 0 saturated heterocycles. The number of amides is 2. The molecule has 6 nitrogen and oxygen atoms in total. The highest BCUT2D eigenvalue weighted by Crippen LogP contribution is 2.22. The van der Waals surface area contributed by atoms with E-state index in [1.807, 2.05) is 0 Å². The number of aromatic nitrogens is 1. The van der Waals surface area contributed by atoms with E-state index in [1.165, 1.54) is 12.3 Å². The molecule has 7 heteroatoms. The third kappa shape index (κ3) is 2.88. The van der Waals surface area contributed by atoms with E-state index in [9.17, 15) is 4.79 Å². The van der Waals surface area contributed by atoms with Crippen LogP contribution in [0.5, 0.6) is 0 Å². The summed E-state index contributed by atoms with van der Waals surface area (Å²) in [5.41, 5.74) is 6.53. The molecule has 0 radical (unpaired) electrons. The molecule has 0 atom stereocenters. The third-order valence-corrected chi connectivity index (χ3v) is 2.27. The lowest BCUT2D eigenvalue weighted by atomic mass is 10.3. The van der Waals surface area contributed by atoms with E-state index in [4.69, 9.17) is 17.3 Å². The highest BCUT2D eigenvalue weighted by molar-refractivity contribution is 6.33. The number of rotatable bonds is 2.